The van der Waals surface area contributed by atoms with E-state index in [-0.39, 0.29) is 11.3 Å². The average Bonchev–Trinajstić information content (AvgIpc) is 2.79. The number of rotatable bonds is 4. The van der Waals surface area contributed by atoms with Crippen molar-refractivity contribution in [1.82, 2.24) is 9.97 Å². The lowest BCUT2D eigenvalue weighted by molar-refractivity contribution is 0.102. The van der Waals surface area contributed by atoms with E-state index in [2.05, 4.69) is 70.1 Å². The molecule has 0 unspecified atom stereocenters. The number of carbonyl (C=O) groups is 1. The number of nitrogens with one attached hydrogen (secondary N) is 1. The van der Waals surface area contributed by atoms with E-state index in [1.54, 1.807) is 0 Å². The third-order valence-electron chi connectivity index (χ3n) is 5.63. The molecular weight excluding hydrogens is 386 g/mol. The van der Waals surface area contributed by atoms with Gasteiger partial charge in [0, 0.05) is 43.5 Å². The molecule has 1 aliphatic heterocycles. The lowest BCUT2D eigenvalue weighted by atomic mass is 9.87. The van der Waals surface area contributed by atoms with Gasteiger partial charge in [0.15, 0.2) is 0 Å². The minimum absolute atomic E-state index is 0.0566. The number of benzene rings is 2. The Kier molecular flexibility index (Phi) is 5.89. The first-order valence-corrected chi connectivity index (χ1v) is 10.7. The van der Waals surface area contributed by atoms with Crippen molar-refractivity contribution in [2.45, 2.75) is 26.2 Å². The SMILES string of the molecule is CC(C)(C)c1ccc(C(=O)Nc2cc(N3CCN(c4ccccc4)CC3)ncn2)cc1. The maximum atomic E-state index is 12.7. The van der Waals surface area contributed by atoms with Crippen LogP contribution in [-0.4, -0.2) is 42.1 Å². The summed E-state index contributed by atoms with van der Waals surface area (Å²) >= 11 is 0. The normalized spacial score (nSPS) is 14.4. The summed E-state index contributed by atoms with van der Waals surface area (Å²) in [6.07, 6.45) is 1.51. The summed E-state index contributed by atoms with van der Waals surface area (Å²) in [7, 11) is 0. The molecule has 0 spiro atoms. The van der Waals surface area contributed by atoms with Crippen LogP contribution < -0.4 is 15.1 Å². The number of para-hydroxylation sites is 1. The van der Waals surface area contributed by atoms with E-state index in [1.807, 2.05) is 36.4 Å². The van der Waals surface area contributed by atoms with Gasteiger partial charge in [0.2, 0.25) is 0 Å². The van der Waals surface area contributed by atoms with Gasteiger partial charge in [-0.05, 0) is 35.2 Å². The number of carbonyl (C=O) groups excluding carboxylic acids is 1. The highest BCUT2D eigenvalue weighted by Gasteiger charge is 2.19. The first-order valence-electron chi connectivity index (χ1n) is 10.7. The van der Waals surface area contributed by atoms with E-state index in [0.29, 0.717) is 11.4 Å². The smallest absolute Gasteiger partial charge is 0.256 e. The highest BCUT2D eigenvalue weighted by Crippen LogP contribution is 2.23. The Hall–Kier alpha value is -3.41. The first-order chi connectivity index (χ1) is 14.9. The molecule has 0 atom stereocenters. The Morgan fingerprint density at radius 1 is 0.871 bits per heavy atom. The van der Waals surface area contributed by atoms with Crippen LogP contribution in [0.4, 0.5) is 17.3 Å². The van der Waals surface area contributed by atoms with Crippen molar-refractivity contribution >= 4 is 23.2 Å². The van der Waals surface area contributed by atoms with Crippen LogP contribution in [0, 0.1) is 0 Å². The molecule has 1 N–H and O–H groups in total. The van der Waals surface area contributed by atoms with Crippen LogP contribution in [0.25, 0.3) is 0 Å². The van der Waals surface area contributed by atoms with Gasteiger partial charge in [0.25, 0.3) is 5.91 Å². The molecule has 1 fully saturated rings. The van der Waals surface area contributed by atoms with E-state index < -0.39 is 0 Å². The molecule has 1 aromatic heterocycles. The summed E-state index contributed by atoms with van der Waals surface area (Å²) in [5.41, 5.74) is 3.11. The molecule has 3 aromatic rings. The number of hydrogen-bond donors (Lipinski definition) is 1. The molecule has 0 bridgehead atoms. The summed E-state index contributed by atoms with van der Waals surface area (Å²) in [5.74, 6) is 1.18. The highest BCUT2D eigenvalue weighted by atomic mass is 16.1. The summed E-state index contributed by atoms with van der Waals surface area (Å²) in [6.45, 7) is 10.1. The fourth-order valence-corrected chi connectivity index (χ4v) is 3.73. The van der Waals surface area contributed by atoms with E-state index in [0.717, 1.165) is 32.0 Å². The number of hydrogen-bond acceptors (Lipinski definition) is 5. The second-order valence-electron chi connectivity index (χ2n) is 8.85. The van der Waals surface area contributed by atoms with Crippen molar-refractivity contribution in [1.29, 1.82) is 0 Å². The van der Waals surface area contributed by atoms with Crippen LogP contribution in [0.15, 0.2) is 67.0 Å². The molecule has 2 aromatic carbocycles. The number of piperazine rings is 1. The van der Waals surface area contributed by atoms with E-state index in [1.165, 1.54) is 17.6 Å². The van der Waals surface area contributed by atoms with Gasteiger partial charge in [-0.2, -0.15) is 0 Å². The topological polar surface area (TPSA) is 61.4 Å². The summed E-state index contributed by atoms with van der Waals surface area (Å²) in [6, 6.07) is 20.0. The third kappa shape index (κ3) is 5.02. The van der Waals surface area contributed by atoms with Gasteiger partial charge in [-0.1, -0.05) is 51.1 Å². The Bertz CT molecular complexity index is 1020. The molecule has 1 amide bonds. The summed E-state index contributed by atoms with van der Waals surface area (Å²) in [5, 5.41) is 2.90. The number of nitrogens with zero attached hydrogens (tertiary/aromatic N) is 4. The summed E-state index contributed by atoms with van der Waals surface area (Å²) in [4.78, 5) is 25.9. The molecule has 4 rings (SSSR count). The zero-order chi connectivity index (χ0) is 21.8. The first kappa shape index (κ1) is 20.8. The van der Waals surface area contributed by atoms with Crippen molar-refractivity contribution in [2.24, 2.45) is 0 Å². The maximum Gasteiger partial charge on any atom is 0.256 e. The molecule has 6 heteroatoms. The monoisotopic (exact) mass is 415 g/mol. The minimum atomic E-state index is -0.168. The van der Waals surface area contributed by atoms with E-state index in [4.69, 9.17) is 0 Å². The molecule has 2 heterocycles. The van der Waals surface area contributed by atoms with Crippen molar-refractivity contribution in [3.8, 4) is 0 Å². The van der Waals surface area contributed by atoms with E-state index >= 15 is 0 Å². The summed E-state index contributed by atoms with van der Waals surface area (Å²) < 4.78 is 0. The minimum Gasteiger partial charge on any atom is -0.368 e. The molecule has 6 nitrogen and oxygen atoms in total. The number of amides is 1. The van der Waals surface area contributed by atoms with Gasteiger partial charge in [0.1, 0.15) is 18.0 Å². The predicted molar refractivity (Wildman–Crippen MR) is 126 cm³/mol. The van der Waals surface area contributed by atoms with Crippen molar-refractivity contribution in [3.63, 3.8) is 0 Å². The molecular formula is C25H29N5O. The van der Waals surface area contributed by atoms with Gasteiger partial charge in [-0.3, -0.25) is 4.79 Å². The van der Waals surface area contributed by atoms with Gasteiger partial charge in [0.05, 0.1) is 0 Å². The van der Waals surface area contributed by atoms with E-state index in [9.17, 15) is 4.79 Å². The average molecular weight is 416 g/mol. The van der Waals surface area contributed by atoms with Gasteiger partial charge in [-0.15, -0.1) is 0 Å². The van der Waals surface area contributed by atoms with Gasteiger partial charge >= 0.3 is 0 Å². The Balaban J connectivity index is 1.39. The largest absolute Gasteiger partial charge is 0.368 e. The van der Waals surface area contributed by atoms with Crippen molar-refractivity contribution in [2.75, 3.05) is 41.3 Å². The molecule has 0 radical (unpaired) electrons. The molecule has 160 valence electrons. The van der Waals surface area contributed by atoms with Crippen LogP contribution in [0.3, 0.4) is 0 Å². The molecule has 31 heavy (non-hydrogen) atoms. The Labute approximate surface area is 183 Å². The Morgan fingerprint density at radius 2 is 1.52 bits per heavy atom. The Morgan fingerprint density at radius 3 is 2.16 bits per heavy atom. The fourth-order valence-electron chi connectivity index (χ4n) is 3.73. The zero-order valence-electron chi connectivity index (χ0n) is 18.4. The van der Waals surface area contributed by atoms with Crippen LogP contribution in [0.5, 0.6) is 0 Å². The van der Waals surface area contributed by atoms with Gasteiger partial charge in [-0.25, -0.2) is 9.97 Å². The van der Waals surface area contributed by atoms with Crippen molar-refractivity contribution < 1.29 is 4.79 Å². The van der Waals surface area contributed by atoms with Crippen LogP contribution in [0.2, 0.25) is 0 Å². The second-order valence-corrected chi connectivity index (χ2v) is 8.85. The van der Waals surface area contributed by atoms with Crippen molar-refractivity contribution in [3.05, 3.63) is 78.1 Å². The third-order valence-corrected chi connectivity index (χ3v) is 5.63. The zero-order valence-corrected chi connectivity index (χ0v) is 18.4. The lowest BCUT2D eigenvalue weighted by Gasteiger charge is -2.36. The quantitative estimate of drug-likeness (QED) is 0.686. The predicted octanol–water partition coefficient (Wildman–Crippen LogP) is 4.35. The molecule has 1 aliphatic rings. The van der Waals surface area contributed by atoms with Crippen LogP contribution >= 0.6 is 0 Å². The van der Waals surface area contributed by atoms with Crippen LogP contribution in [-0.2, 0) is 5.41 Å². The second kappa shape index (κ2) is 8.76. The molecule has 1 saturated heterocycles. The van der Waals surface area contributed by atoms with Crippen LogP contribution in [0.1, 0.15) is 36.7 Å². The fraction of sp³-hybridized carbons (Fsp3) is 0.320. The highest BCUT2D eigenvalue weighted by molar-refractivity contribution is 6.03. The molecule has 0 aliphatic carbocycles. The maximum absolute atomic E-state index is 12.7. The lowest BCUT2D eigenvalue weighted by Crippen LogP contribution is -2.46. The number of aromatic nitrogens is 2. The standard InChI is InChI=1S/C25H29N5O/c1-25(2,3)20-11-9-19(10-12-20)24(31)28-22-17-23(27-18-26-22)30-15-13-29(14-16-30)21-7-5-4-6-8-21/h4-12,17-18H,13-16H2,1-3H3,(H,26,27,28,31). The van der Waals surface area contributed by atoms with Gasteiger partial charge < -0.3 is 15.1 Å². The number of anilines is 3. The molecule has 0 saturated carbocycles.